The number of amidine groups is 1. The van der Waals surface area contributed by atoms with Crippen LogP contribution in [0.5, 0.6) is 0 Å². The van der Waals surface area contributed by atoms with Crippen molar-refractivity contribution < 1.29 is 4.74 Å². The van der Waals surface area contributed by atoms with Gasteiger partial charge < -0.3 is 4.74 Å². The van der Waals surface area contributed by atoms with Gasteiger partial charge in [-0.15, -0.1) is 0 Å². The number of ether oxygens (including phenoxy) is 1. The topological polar surface area (TPSA) is 49.8 Å². The van der Waals surface area contributed by atoms with E-state index in [1.807, 2.05) is 6.20 Å². The number of aryl methyl sites for hydroxylation is 2. The van der Waals surface area contributed by atoms with E-state index >= 15 is 0 Å². The number of nitrogens with one attached hydrogen (secondary N) is 1. The van der Waals surface area contributed by atoms with E-state index < -0.39 is 0 Å². The fourth-order valence-corrected chi connectivity index (χ4v) is 4.60. The Balaban J connectivity index is 1.38. The number of anilines is 1. The summed E-state index contributed by atoms with van der Waals surface area (Å²) in [6, 6.07) is 7.00. The van der Waals surface area contributed by atoms with Crippen LogP contribution < -0.4 is 5.32 Å². The van der Waals surface area contributed by atoms with Crippen LogP contribution in [-0.2, 0) is 4.74 Å². The van der Waals surface area contributed by atoms with Gasteiger partial charge in [-0.3, -0.25) is 10.2 Å². The van der Waals surface area contributed by atoms with E-state index in [1.165, 1.54) is 42.4 Å². The number of nitrogens with zero attached hydrogens (tertiary/aromatic N) is 3. The molecule has 2 bridgehead atoms. The van der Waals surface area contributed by atoms with Crippen molar-refractivity contribution in [2.24, 2.45) is 10.9 Å². The Hall–Kier alpha value is -2.14. The molecule has 1 spiro atoms. The highest BCUT2D eigenvalue weighted by atomic mass is 16.5. The minimum absolute atomic E-state index is 0.109. The Bertz CT molecular complexity index is 869. The van der Waals surface area contributed by atoms with Crippen LogP contribution >= 0.6 is 0 Å². The van der Waals surface area contributed by atoms with Gasteiger partial charge in [0.15, 0.2) is 0 Å². The van der Waals surface area contributed by atoms with Crippen molar-refractivity contribution in [3.63, 3.8) is 0 Å². The van der Waals surface area contributed by atoms with Gasteiger partial charge in [-0.1, -0.05) is 12.1 Å². The van der Waals surface area contributed by atoms with Crippen molar-refractivity contribution in [1.82, 2.24) is 9.88 Å². The second-order valence-electron chi connectivity index (χ2n) is 7.76. The molecule has 3 saturated heterocycles. The Labute approximate surface area is 148 Å². The van der Waals surface area contributed by atoms with E-state index in [-0.39, 0.29) is 5.60 Å². The molecule has 25 heavy (non-hydrogen) atoms. The second-order valence-corrected chi connectivity index (χ2v) is 7.76. The van der Waals surface area contributed by atoms with Gasteiger partial charge in [0.1, 0.15) is 11.4 Å². The zero-order chi connectivity index (χ0) is 17.0. The molecule has 1 atom stereocenters. The first kappa shape index (κ1) is 15.1. The van der Waals surface area contributed by atoms with Crippen LogP contribution in [0.4, 0.5) is 5.82 Å². The number of hydrogen-bond acceptors (Lipinski definition) is 5. The molecule has 0 saturated carbocycles. The Kier molecular flexibility index (Phi) is 3.29. The molecular formula is C20H24N4O. The maximum Gasteiger partial charge on any atom is 0.291 e. The first-order valence-electron chi connectivity index (χ1n) is 9.22. The van der Waals surface area contributed by atoms with Crippen LogP contribution in [0.2, 0.25) is 0 Å². The first-order valence-corrected chi connectivity index (χ1v) is 9.22. The predicted molar refractivity (Wildman–Crippen MR) is 100 cm³/mol. The fraction of sp³-hybridized carbons (Fsp3) is 0.500. The molecule has 130 valence electrons. The lowest BCUT2D eigenvalue weighted by atomic mass is 9.75. The third-order valence-corrected chi connectivity index (χ3v) is 6.29. The average Bonchev–Trinajstić information content (AvgIpc) is 3.01. The van der Waals surface area contributed by atoms with Gasteiger partial charge in [0.2, 0.25) is 0 Å². The van der Waals surface area contributed by atoms with Crippen molar-refractivity contribution in [2.45, 2.75) is 32.3 Å². The zero-order valence-electron chi connectivity index (χ0n) is 14.9. The van der Waals surface area contributed by atoms with Crippen LogP contribution in [0.3, 0.4) is 0 Å². The fourth-order valence-electron chi connectivity index (χ4n) is 4.60. The van der Waals surface area contributed by atoms with Crippen LogP contribution in [0.15, 0.2) is 29.4 Å². The summed E-state index contributed by atoms with van der Waals surface area (Å²) in [7, 11) is 0. The van der Waals surface area contributed by atoms with Crippen molar-refractivity contribution in [1.29, 1.82) is 0 Å². The molecule has 1 unspecified atom stereocenters. The molecule has 0 aliphatic carbocycles. The van der Waals surface area contributed by atoms with Gasteiger partial charge in [0.25, 0.3) is 6.02 Å². The van der Waals surface area contributed by atoms with E-state index in [4.69, 9.17) is 4.74 Å². The maximum absolute atomic E-state index is 6.35. The van der Waals surface area contributed by atoms with Crippen LogP contribution in [-0.4, -0.2) is 47.7 Å². The number of piperidine rings is 3. The molecule has 1 aromatic heterocycles. The first-order chi connectivity index (χ1) is 12.1. The number of aliphatic imine (C=N–C) groups is 1. The minimum Gasteiger partial charge on any atom is -0.455 e. The minimum atomic E-state index is -0.109. The molecule has 6 rings (SSSR count). The number of hydrogen-bond donors (Lipinski definition) is 1. The summed E-state index contributed by atoms with van der Waals surface area (Å²) >= 11 is 0. The van der Waals surface area contributed by atoms with E-state index in [0.29, 0.717) is 11.9 Å². The second kappa shape index (κ2) is 5.43. The van der Waals surface area contributed by atoms with E-state index in [0.717, 1.165) is 24.3 Å². The van der Waals surface area contributed by atoms with Crippen molar-refractivity contribution in [3.8, 4) is 0 Å². The molecule has 0 amide bonds. The van der Waals surface area contributed by atoms with E-state index in [2.05, 4.69) is 52.2 Å². The molecule has 3 fully saturated rings. The summed E-state index contributed by atoms with van der Waals surface area (Å²) in [4.78, 5) is 11.7. The number of rotatable bonds is 1. The van der Waals surface area contributed by atoms with Gasteiger partial charge in [-0.2, -0.15) is 0 Å². The SMILES string of the molecule is Cc1ccc2cnc(NC3=NCC4(CN5CCC4CC5)O3)cc2c1C. The van der Waals surface area contributed by atoms with Crippen molar-refractivity contribution in [3.05, 3.63) is 35.5 Å². The van der Waals surface area contributed by atoms with Gasteiger partial charge >= 0.3 is 0 Å². The van der Waals surface area contributed by atoms with Crippen molar-refractivity contribution in [2.75, 3.05) is 31.5 Å². The van der Waals surface area contributed by atoms with Gasteiger partial charge in [0, 0.05) is 24.0 Å². The van der Waals surface area contributed by atoms with Gasteiger partial charge in [-0.25, -0.2) is 9.98 Å². The van der Waals surface area contributed by atoms with E-state index in [1.54, 1.807) is 0 Å². The largest absolute Gasteiger partial charge is 0.455 e. The molecular weight excluding hydrogens is 312 g/mol. The molecule has 4 aliphatic heterocycles. The maximum atomic E-state index is 6.35. The van der Waals surface area contributed by atoms with Crippen LogP contribution in [0.25, 0.3) is 10.8 Å². The number of pyridine rings is 1. The van der Waals surface area contributed by atoms with Crippen LogP contribution in [0.1, 0.15) is 24.0 Å². The summed E-state index contributed by atoms with van der Waals surface area (Å²) in [6.07, 6.45) is 4.38. The molecule has 1 aromatic carbocycles. The summed E-state index contributed by atoms with van der Waals surface area (Å²) in [5, 5.41) is 5.70. The summed E-state index contributed by atoms with van der Waals surface area (Å²) in [6.45, 7) is 8.50. The van der Waals surface area contributed by atoms with E-state index in [9.17, 15) is 0 Å². The number of benzene rings is 1. The highest BCUT2D eigenvalue weighted by Crippen LogP contribution is 2.40. The van der Waals surface area contributed by atoms with Crippen molar-refractivity contribution >= 4 is 22.6 Å². The monoisotopic (exact) mass is 336 g/mol. The van der Waals surface area contributed by atoms with Crippen LogP contribution in [0, 0.1) is 19.8 Å². The summed E-state index contributed by atoms with van der Waals surface area (Å²) < 4.78 is 6.35. The molecule has 2 aromatic rings. The quantitative estimate of drug-likeness (QED) is 0.869. The molecule has 5 heteroatoms. The molecule has 1 N–H and O–H groups in total. The lowest BCUT2D eigenvalue weighted by Gasteiger charge is -2.50. The molecule has 5 heterocycles. The Morgan fingerprint density at radius 2 is 2.08 bits per heavy atom. The molecule has 4 aliphatic rings. The number of aromatic nitrogens is 1. The van der Waals surface area contributed by atoms with Gasteiger partial charge in [-0.05, 0) is 62.4 Å². The standard InChI is InChI=1S/C20H24N4O/c1-13-3-4-15-10-21-18(9-17(15)14(13)2)23-19-22-11-20(25-19)12-24-7-5-16(20)6-8-24/h3-4,9-10,16H,5-8,11-12H2,1-2H3,(H,21,22,23). The lowest BCUT2D eigenvalue weighted by molar-refractivity contribution is -0.0829. The smallest absolute Gasteiger partial charge is 0.291 e. The highest BCUT2D eigenvalue weighted by Gasteiger charge is 2.51. The normalized spacial score (nSPS) is 30.6. The number of fused-ring (bicyclic) bond motifs is 3. The van der Waals surface area contributed by atoms with Gasteiger partial charge in [0.05, 0.1) is 6.54 Å². The summed E-state index contributed by atoms with van der Waals surface area (Å²) in [5.41, 5.74) is 2.48. The third-order valence-electron chi connectivity index (χ3n) is 6.29. The average molecular weight is 336 g/mol. The molecule has 5 nitrogen and oxygen atoms in total. The molecule has 0 radical (unpaired) electrons. The highest BCUT2D eigenvalue weighted by molar-refractivity contribution is 5.93. The third kappa shape index (κ3) is 2.41. The lowest BCUT2D eigenvalue weighted by Crippen LogP contribution is -2.61. The Morgan fingerprint density at radius 1 is 1.24 bits per heavy atom. The Morgan fingerprint density at radius 3 is 2.84 bits per heavy atom. The predicted octanol–water partition coefficient (Wildman–Crippen LogP) is 3.11. The zero-order valence-corrected chi connectivity index (χ0v) is 14.9. The summed E-state index contributed by atoms with van der Waals surface area (Å²) in [5.74, 6) is 1.44.